The van der Waals surface area contributed by atoms with E-state index in [9.17, 15) is 0 Å². The van der Waals surface area contributed by atoms with Crippen LogP contribution in [0.2, 0.25) is 0 Å². The highest BCUT2D eigenvalue weighted by atomic mass is 32.2. The van der Waals surface area contributed by atoms with Crippen LogP contribution >= 0.6 is 34.4 Å². The summed E-state index contributed by atoms with van der Waals surface area (Å²) in [6.45, 7) is 2.02. The number of rotatable bonds is 5. The minimum absolute atomic E-state index is 0.860. The molecule has 0 amide bonds. The molecular weight excluding hydrogens is 368 g/mol. The first-order valence-corrected chi connectivity index (χ1v) is 10.3. The fourth-order valence-electron chi connectivity index (χ4n) is 2.29. The number of hydrogen-bond acceptors (Lipinski definition) is 7. The Bertz CT molecular complexity index is 948. The molecule has 0 radical (unpaired) electrons. The van der Waals surface area contributed by atoms with E-state index in [0.29, 0.717) is 0 Å². The molecule has 4 aromatic rings. The largest absolute Gasteiger partial charge is 0.265 e. The predicted octanol–water partition coefficient (Wildman–Crippen LogP) is 5.32. The molecule has 0 spiro atoms. The lowest BCUT2D eigenvalue weighted by atomic mass is 10.3. The Hall–Kier alpha value is -2.09. The van der Waals surface area contributed by atoms with Crippen LogP contribution < -0.4 is 0 Å². The fourth-order valence-corrected chi connectivity index (χ4v) is 4.89. The van der Waals surface area contributed by atoms with Crippen molar-refractivity contribution in [1.82, 2.24) is 20.2 Å². The van der Waals surface area contributed by atoms with Gasteiger partial charge in [0.2, 0.25) is 0 Å². The van der Waals surface area contributed by atoms with Gasteiger partial charge in [-0.15, -0.1) is 32.9 Å². The summed E-state index contributed by atoms with van der Waals surface area (Å²) in [6, 6.07) is 12.2. The van der Waals surface area contributed by atoms with E-state index in [4.69, 9.17) is 0 Å². The number of nitrogens with zero attached hydrogens (tertiary/aromatic N) is 4. The summed E-state index contributed by atoms with van der Waals surface area (Å²) in [5.41, 5.74) is 3.11. The first kappa shape index (κ1) is 16.4. The van der Waals surface area contributed by atoms with E-state index in [2.05, 4.69) is 31.6 Å². The summed E-state index contributed by atoms with van der Waals surface area (Å²) < 4.78 is 0. The van der Waals surface area contributed by atoms with Crippen molar-refractivity contribution in [2.24, 2.45) is 0 Å². The first-order chi connectivity index (χ1) is 12.3. The SMILES string of the molecule is Cc1nc(-c2cccs2)sc1-c1ccc(SCc2ccncc2)nn1. The Balaban J connectivity index is 1.50. The van der Waals surface area contributed by atoms with Crippen molar-refractivity contribution in [2.45, 2.75) is 17.7 Å². The van der Waals surface area contributed by atoms with Crippen LogP contribution in [0.4, 0.5) is 0 Å². The van der Waals surface area contributed by atoms with Crippen LogP contribution in [0.1, 0.15) is 11.3 Å². The third kappa shape index (κ3) is 3.78. The monoisotopic (exact) mass is 382 g/mol. The standard InChI is InChI=1S/C18H14N4S3/c1-12-17(25-18(20-12)15-3-2-10-23-15)14-4-5-16(22-21-14)24-11-13-6-8-19-9-7-13/h2-10H,11H2,1H3. The zero-order valence-electron chi connectivity index (χ0n) is 13.4. The topological polar surface area (TPSA) is 51.6 Å². The number of hydrogen-bond donors (Lipinski definition) is 0. The Morgan fingerprint density at radius 2 is 1.92 bits per heavy atom. The van der Waals surface area contributed by atoms with Gasteiger partial charge in [0.1, 0.15) is 15.7 Å². The van der Waals surface area contributed by atoms with Gasteiger partial charge < -0.3 is 0 Å². The third-order valence-corrected chi connectivity index (χ3v) is 6.75. The molecule has 0 N–H and O–H groups in total. The number of thioether (sulfide) groups is 1. The highest BCUT2D eigenvalue weighted by Crippen LogP contribution is 2.36. The van der Waals surface area contributed by atoms with E-state index in [1.807, 2.05) is 49.6 Å². The van der Waals surface area contributed by atoms with Crippen molar-refractivity contribution in [3.05, 3.63) is 65.4 Å². The van der Waals surface area contributed by atoms with Crippen molar-refractivity contribution in [3.63, 3.8) is 0 Å². The normalized spacial score (nSPS) is 10.9. The van der Waals surface area contributed by atoms with Gasteiger partial charge in [-0.3, -0.25) is 4.98 Å². The second kappa shape index (κ2) is 7.43. The lowest BCUT2D eigenvalue weighted by Gasteiger charge is -2.02. The molecule has 0 saturated heterocycles. The van der Waals surface area contributed by atoms with Crippen LogP contribution in [0.15, 0.2) is 59.2 Å². The second-order valence-electron chi connectivity index (χ2n) is 5.31. The summed E-state index contributed by atoms with van der Waals surface area (Å²) in [4.78, 5) is 11.0. The molecule has 0 aliphatic rings. The number of aromatic nitrogens is 4. The van der Waals surface area contributed by atoms with Crippen molar-refractivity contribution in [1.29, 1.82) is 0 Å². The van der Waals surface area contributed by atoms with Crippen molar-refractivity contribution < 1.29 is 0 Å². The molecule has 0 atom stereocenters. The van der Waals surface area contributed by atoms with Gasteiger partial charge in [-0.25, -0.2) is 4.98 Å². The zero-order chi connectivity index (χ0) is 17.1. The third-order valence-electron chi connectivity index (χ3n) is 3.54. The molecule has 0 aliphatic carbocycles. The minimum Gasteiger partial charge on any atom is -0.265 e. The summed E-state index contributed by atoms with van der Waals surface area (Å²) in [6.07, 6.45) is 3.62. The lowest BCUT2D eigenvalue weighted by Crippen LogP contribution is -1.90. The zero-order valence-corrected chi connectivity index (χ0v) is 15.9. The predicted molar refractivity (Wildman–Crippen MR) is 105 cm³/mol. The van der Waals surface area contributed by atoms with Crippen molar-refractivity contribution in [2.75, 3.05) is 0 Å². The van der Waals surface area contributed by atoms with E-state index in [1.54, 1.807) is 34.4 Å². The van der Waals surface area contributed by atoms with Gasteiger partial charge in [0, 0.05) is 18.1 Å². The van der Waals surface area contributed by atoms with Crippen molar-refractivity contribution in [3.8, 4) is 20.5 Å². The summed E-state index contributed by atoms with van der Waals surface area (Å²) in [5, 5.41) is 12.8. The summed E-state index contributed by atoms with van der Waals surface area (Å²) in [7, 11) is 0. The fraction of sp³-hybridized carbons (Fsp3) is 0.111. The maximum Gasteiger partial charge on any atom is 0.134 e. The molecule has 124 valence electrons. The quantitative estimate of drug-likeness (QED) is 0.437. The molecule has 0 aliphatic heterocycles. The average Bonchev–Trinajstić information content (AvgIpc) is 3.31. The molecule has 0 unspecified atom stereocenters. The first-order valence-electron chi connectivity index (χ1n) is 7.67. The Labute approximate surface area is 158 Å². The molecular formula is C18H14N4S3. The summed E-state index contributed by atoms with van der Waals surface area (Å²) >= 11 is 5.05. The van der Waals surface area contributed by atoms with E-state index >= 15 is 0 Å². The lowest BCUT2D eigenvalue weighted by molar-refractivity contribution is 0.936. The number of thiazole rings is 1. The van der Waals surface area contributed by atoms with E-state index in [-0.39, 0.29) is 0 Å². The maximum atomic E-state index is 4.68. The Kier molecular flexibility index (Phi) is 4.87. The molecule has 0 bridgehead atoms. The molecule has 0 saturated carbocycles. The van der Waals surface area contributed by atoms with Gasteiger partial charge in [-0.05, 0) is 48.2 Å². The van der Waals surface area contributed by atoms with Crippen LogP contribution in [0.5, 0.6) is 0 Å². The highest BCUT2D eigenvalue weighted by molar-refractivity contribution is 7.98. The van der Waals surface area contributed by atoms with Gasteiger partial charge in [0.05, 0.1) is 15.4 Å². The molecule has 4 aromatic heterocycles. The second-order valence-corrected chi connectivity index (χ2v) is 8.25. The van der Waals surface area contributed by atoms with E-state index in [0.717, 1.165) is 32.1 Å². The number of pyridine rings is 1. The average molecular weight is 383 g/mol. The Morgan fingerprint density at radius 1 is 1.04 bits per heavy atom. The van der Waals surface area contributed by atoms with Gasteiger partial charge in [0.25, 0.3) is 0 Å². The van der Waals surface area contributed by atoms with E-state index in [1.165, 1.54) is 10.4 Å². The highest BCUT2D eigenvalue weighted by Gasteiger charge is 2.13. The van der Waals surface area contributed by atoms with Gasteiger partial charge in [0.15, 0.2) is 0 Å². The van der Waals surface area contributed by atoms with E-state index < -0.39 is 0 Å². The molecule has 4 rings (SSSR count). The molecule has 7 heteroatoms. The van der Waals surface area contributed by atoms with Gasteiger partial charge >= 0.3 is 0 Å². The number of thiophene rings is 1. The van der Waals surface area contributed by atoms with Crippen LogP contribution in [-0.2, 0) is 5.75 Å². The Morgan fingerprint density at radius 3 is 2.64 bits per heavy atom. The maximum absolute atomic E-state index is 4.68. The smallest absolute Gasteiger partial charge is 0.134 e. The van der Waals surface area contributed by atoms with Gasteiger partial charge in [-0.2, -0.15) is 0 Å². The van der Waals surface area contributed by atoms with Crippen LogP contribution in [0.25, 0.3) is 20.5 Å². The minimum atomic E-state index is 0.860. The summed E-state index contributed by atoms with van der Waals surface area (Å²) in [5.74, 6) is 0.860. The molecule has 25 heavy (non-hydrogen) atoms. The van der Waals surface area contributed by atoms with Crippen LogP contribution in [-0.4, -0.2) is 20.2 Å². The molecule has 0 aromatic carbocycles. The molecule has 4 nitrogen and oxygen atoms in total. The number of aryl methyl sites for hydroxylation is 1. The van der Waals surface area contributed by atoms with Crippen LogP contribution in [0, 0.1) is 6.92 Å². The molecule has 0 fully saturated rings. The molecule has 4 heterocycles. The van der Waals surface area contributed by atoms with Gasteiger partial charge in [-0.1, -0.05) is 17.8 Å². The van der Waals surface area contributed by atoms with Crippen molar-refractivity contribution >= 4 is 34.4 Å². The van der Waals surface area contributed by atoms with Crippen LogP contribution in [0.3, 0.4) is 0 Å².